The molecule has 37 heavy (non-hydrogen) atoms. The minimum absolute atomic E-state index is 0.0543. The van der Waals surface area contributed by atoms with E-state index in [9.17, 15) is 18.8 Å². The Bertz CT molecular complexity index is 1420. The molecule has 2 bridgehead atoms. The summed E-state index contributed by atoms with van der Waals surface area (Å²) in [6.45, 7) is 3.83. The molecule has 1 heterocycles. The Labute approximate surface area is 219 Å². The summed E-state index contributed by atoms with van der Waals surface area (Å²) in [4.78, 5) is 44.0. The molecule has 1 saturated carbocycles. The zero-order chi connectivity index (χ0) is 26.1. The van der Waals surface area contributed by atoms with Crippen LogP contribution in [-0.2, 0) is 14.4 Å². The number of rotatable bonds is 5. The molecule has 3 aliphatic rings. The van der Waals surface area contributed by atoms with E-state index in [-0.39, 0.29) is 16.5 Å². The monoisotopic (exact) mass is 513 g/mol. The Kier molecular flexibility index (Phi) is 5.29. The number of imide groups is 1. The lowest BCUT2D eigenvalue weighted by Gasteiger charge is -2.38. The second-order valence-electron chi connectivity index (χ2n) is 10.0. The number of benzene rings is 3. The van der Waals surface area contributed by atoms with Gasteiger partial charge >= 0.3 is 0 Å². The van der Waals surface area contributed by atoms with Crippen LogP contribution >= 0.6 is 11.6 Å². The number of hydrogen-bond donors (Lipinski definition) is 0. The van der Waals surface area contributed by atoms with E-state index in [1.165, 1.54) is 12.1 Å². The Morgan fingerprint density at radius 1 is 0.757 bits per heavy atom. The number of amides is 2. The van der Waals surface area contributed by atoms with Crippen LogP contribution in [0, 0.1) is 28.5 Å². The quantitative estimate of drug-likeness (QED) is 0.362. The van der Waals surface area contributed by atoms with Gasteiger partial charge in [0.05, 0.1) is 33.4 Å². The van der Waals surface area contributed by atoms with Gasteiger partial charge < -0.3 is 0 Å². The van der Waals surface area contributed by atoms with Crippen molar-refractivity contribution in [3.8, 4) is 0 Å². The van der Waals surface area contributed by atoms with E-state index in [1.54, 1.807) is 0 Å². The van der Waals surface area contributed by atoms with Gasteiger partial charge in [-0.15, -0.1) is 0 Å². The van der Waals surface area contributed by atoms with Crippen molar-refractivity contribution in [2.45, 2.75) is 26.7 Å². The van der Waals surface area contributed by atoms with Gasteiger partial charge in [-0.25, -0.2) is 9.29 Å². The molecule has 3 aromatic rings. The van der Waals surface area contributed by atoms with Gasteiger partial charge in [0.2, 0.25) is 11.8 Å². The Hall–Kier alpha value is -3.57. The topological polar surface area (TPSA) is 54.5 Å². The van der Waals surface area contributed by atoms with Crippen molar-refractivity contribution in [1.29, 1.82) is 0 Å². The van der Waals surface area contributed by atoms with E-state index in [0.29, 0.717) is 12.8 Å². The Morgan fingerprint density at radius 3 is 1.62 bits per heavy atom. The SMILES string of the molecule is CCC12C(=O)C(CC)(C(c3ccccc3)=C1c1ccccc1)C1C(=O)N(c3ccc(Cl)c(F)c3)C(=O)C12. The fourth-order valence-corrected chi connectivity index (χ4v) is 7.45. The van der Waals surface area contributed by atoms with E-state index >= 15 is 0 Å². The number of anilines is 1. The molecule has 6 heteroatoms. The smallest absolute Gasteiger partial charge is 0.239 e. The highest BCUT2D eigenvalue weighted by molar-refractivity contribution is 6.35. The molecule has 1 aliphatic heterocycles. The van der Waals surface area contributed by atoms with Gasteiger partial charge in [-0.3, -0.25) is 14.4 Å². The van der Waals surface area contributed by atoms with Gasteiger partial charge in [0, 0.05) is 0 Å². The van der Waals surface area contributed by atoms with Gasteiger partial charge in [-0.1, -0.05) is 86.1 Å². The first-order valence-corrected chi connectivity index (χ1v) is 13.0. The van der Waals surface area contributed by atoms with E-state index in [0.717, 1.165) is 33.2 Å². The minimum atomic E-state index is -1.17. The van der Waals surface area contributed by atoms with Gasteiger partial charge in [0.25, 0.3) is 0 Å². The second kappa shape index (κ2) is 8.22. The lowest BCUT2D eigenvalue weighted by atomic mass is 9.60. The Balaban J connectivity index is 1.66. The number of Topliss-reactive ketones (excluding diaryl/α,β-unsaturated/α-hetero) is 1. The van der Waals surface area contributed by atoms with Crippen molar-refractivity contribution in [3.05, 3.63) is 101 Å². The number of hydrogen-bond acceptors (Lipinski definition) is 3. The van der Waals surface area contributed by atoms with Crippen LogP contribution in [0.2, 0.25) is 5.02 Å². The molecule has 2 fully saturated rings. The van der Waals surface area contributed by atoms with E-state index in [2.05, 4.69) is 0 Å². The number of ketones is 1. The molecule has 6 rings (SSSR count). The molecule has 4 unspecified atom stereocenters. The van der Waals surface area contributed by atoms with Crippen LogP contribution in [0.4, 0.5) is 10.1 Å². The predicted octanol–water partition coefficient (Wildman–Crippen LogP) is 6.58. The summed E-state index contributed by atoms with van der Waals surface area (Å²) in [5.41, 5.74) is 1.22. The zero-order valence-corrected chi connectivity index (χ0v) is 21.3. The van der Waals surface area contributed by atoms with Crippen LogP contribution in [0.5, 0.6) is 0 Å². The average Bonchev–Trinajstić information content (AvgIpc) is 3.42. The number of carbonyl (C=O) groups excluding carboxylic acids is 3. The highest BCUT2D eigenvalue weighted by Gasteiger charge is 2.80. The molecule has 4 atom stereocenters. The van der Waals surface area contributed by atoms with Gasteiger partial charge in [-0.2, -0.15) is 0 Å². The molecule has 0 spiro atoms. The number of halogens is 2. The highest BCUT2D eigenvalue weighted by atomic mass is 35.5. The average molecular weight is 514 g/mol. The molecule has 0 radical (unpaired) electrons. The van der Waals surface area contributed by atoms with Gasteiger partial charge in [0.1, 0.15) is 5.82 Å². The van der Waals surface area contributed by atoms with E-state index in [1.807, 2.05) is 74.5 Å². The maximum atomic E-state index is 14.6. The van der Waals surface area contributed by atoms with Crippen LogP contribution in [0.15, 0.2) is 78.9 Å². The molecule has 186 valence electrons. The number of allylic oxidation sites excluding steroid dienone is 2. The number of nitrogens with zero attached hydrogens (tertiary/aromatic N) is 1. The van der Waals surface area contributed by atoms with Crippen molar-refractivity contribution in [3.63, 3.8) is 0 Å². The second-order valence-corrected chi connectivity index (χ2v) is 10.4. The maximum absolute atomic E-state index is 14.6. The third-order valence-electron chi connectivity index (χ3n) is 8.72. The van der Waals surface area contributed by atoms with Crippen LogP contribution in [0.1, 0.15) is 37.8 Å². The normalized spacial score (nSPS) is 28.4. The van der Waals surface area contributed by atoms with Crippen LogP contribution in [0.3, 0.4) is 0 Å². The molecule has 2 amide bonds. The molecule has 0 aromatic heterocycles. The largest absolute Gasteiger partial charge is 0.298 e. The molecular weight excluding hydrogens is 489 g/mol. The van der Waals surface area contributed by atoms with E-state index in [4.69, 9.17) is 11.6 Å². The number of fused-ring (bicyclic) bond motifs is 5. The van der Waals surface area contributed by atoms with E-state index < -0.39 is 40.3 Å². The lowest BCUT2D eigenvalue weighted by Crippen LogP contribution is -2.41. The maximum Gasteiger partial charge on any atom is 0.239 e. The molecule has 3 aromatic carbocycles. The van der Waals surface area contributed by atoms with Gasteiger partial charge in [-0.05, 0) is 53.3 Å². The van der Waals surface area contributed by atoms with Crippen LogP contribution in [-0.4, -0.2) is 17.6 Å². The number of carbonyl (C=O) groups is 3. The summed E-state index contributed by atoms with van der Waals surface area (Å²) in [7, 11) is 0. The summed E-state index contributed by atoms with van der Waals surface area (Å²) in [5.74, 6) is -3.40. The van der Waals surface area contributed by atoms with Crippen molar-refractivity contribution in [2.75, 3.05) is 4.90 Å². The van der Waals surface area contributed by atoms with Crippen molar-refractivity contribution >= 4 is 46.0 Å². The molecular formula is C31H25ClFNO3. The van der Waals surface area contributed by atoms with Crippen LogP contribution in [0.25, 0.3) is 11.1 Å². The molecule has 2 aliphatic carbocycles. The van der Waals surface area contributed by atoms with Crippen molar-refractivity contribution < 1.29 is 18.8 Å². The fraction of sp³-hybridized carbons (Fsp3) is 0.258. The summed E-state index contributed by atoms with van der Waals surface area (Å²) in [6, 6.07) is 23.3. The Morgan fingerprint density at radius 2 is 1.22 bits per heavy atom. The van der Waals surface area contributed by atoms with Gasteiger partial charge in [0.15, 0.2) is 5.78 Å². The third kappa shape index (κ3) is 2.81. The summed E-state index contributed by atoms with van der Waals surface area (Å²) in [6.07, 6.45) is 0.744. The van der Waals surface area contributed by atoms with Crippen molar-refractivity contribution in [2.24, 2.45) is 22.7 Å². The minimum Gasteiger partial charge on any atom is -0.298 e. The molecule has 4 nitrogen and oxygen atoms in total. The fourth-order valence-electron chi connectivity index (χ4n) is 7.33. The summed E-state index contributed by atoms with van der Waals surface area (Å²) < 4.78 is 14.4. The summed E-state index contributed by atoms with van der Waals surface area (Å²) in [5, 5.41) is -0.0901. The highest BCUT2D eigenvalue weighted by Crippen LogP contribution is 2.75. The molecule has 1 saturated heterocycles. The third-order valence-corrected chi connectivity index (χ3v) is 9.03. The summed E-state index contributed by atoms with van der Waals surface area (Å²) >= 11 is 5.88. The molecule has 0 N–H and O–H groups in total. The van der Waals surface area contributed by atoms with Crippen LogP contribution < -0.4 is 4.90 Å². The first-order chi connectivity index (χ1) is 17.8. The predicted molar refractivity (Wildman–Crippen MR) is 141 cm³/mol. The standard InChI is InChI=1S/C31H25ClFNO3/c1-3-30-23(18-11-7-5-8-12-18)24(19-13-9-6-10-14-19)31(4-2,29(30)37)26-25(30)27(35)34(28(26)36)20-15-16-21(32)22(33)17-20/h5-17,25-26H,3-4H2,1-2H3. The zero-order valence-electron chi connectivity index (χ0n) is 20.5. The lowest BCUT2D eigenvalue weighted by molar-refractivity contribution is -0.134. The first-order valence-electron chi connectivity index (χ1n) is 12.6. The first kappa shape index (κ1) is 23.8. The van der Waals surface area contributed by atoms with Crippen molar-refractivity contribution in [1.82, 2.24) is 0 Å².